The number of carbonyl (C=O) groups excluding carboxylic acids is 1. The molecule has 0 radical (unpaired) electrons. The lowest BCUT2D eigenvalue weighted by molar-refractivity contribution is -0.137. The molecule has 2 aliphatic rings. The molecule has 148 valence electrons. The zero-order valence-electron chi connectivity index (χ0n) is 15.7. The molecule has 2 aromatic carbocycles. The Morgan fingerprint density at radius 3 is 2.36 bits per heavy atom. The van der Waals surface area contributed by atoms with Crippen molar-refractivity contribution in [2.75, 3.05) is 23.3 Å². The second kappa shape index (κ2) is 7.15. The predicted octanol–water partition coefficient (Wildman–Crippen LogP) is 5.36. The summed E-state index contributed by atoms with van der Waals surface area (Å²) in [6.45, 7) is 4.12. The summed E-state index contributed by atoms with van der Waals surface area (Å²) in [6.07, 6.45) is -1.24. The Morgan fingerprint density at radius 2 is 1.75 bits per heavy atom. The van der Waals surface area contributed by atoms with Gasteiger partial charge in [0, 0.05) is 30.4 Å². The van der Waals surface area contributed by atoms with Crippen molar-refractivity contribution in [2.45, 2.75) is 38.3 Å². The Hall–Kier alpha value is -2.50. The lowest BCUT2D eigenvalue weighted by atomic mass is 10.1. The van der Waals surface area contributed by atoms with Crippen LogP contribution in [0.2, 0.25) is 0 Å². The Labute approximate surface area is 162 Å². The maximum Gasteiger partial charge on any atom is 0.416 e. The van der Waals surface area contributed by atoms with Crippen LogP contribution in [-0.2, 0) is 11.0 Å². The maximum atomic E-state index is 12.7. The monoisotopic (exact) mass is 388 g/mol. The van der Waals surface area contributed by atoms with Crippen LogP contribution in [0.4, 0.5) is 24.5 Å². The minimum Gasteiger partial charge on any atom is -0.372 e. The number of nitrogens with zero attached hydrogens (tertiary/aromatic N) is 1. The van der Waals surface area contributed by atoms with E-state index in [-0.39, 0.29) is 17.7 Å². The molecule has 4 rings (SSSR count). The minimum atomic E-state index is -4.34. The van der Waals surface area contributed by atoms with E-state index in [2.05, 4.69) is 16.3 Å². The first-order chi connectivity index (χ1) is 13.3. The highest BCUT2D eigenvalue weighted by atomic mass is 19.4. The zero-order chi connectivity index (χ0) is 19.9. The normalized spacial score (nSPS) is 21.6. The standard InChI is InChI=1S/C22H23F3N2O/c1-14-12-17(27-10-2-3-11-27)8-9-20(14)26-21(28)19-13-18(19)15-4-6-16(7-5-15)22(23,24)25/h4-9,12,18-19H,2-3,10-11,13H2,1H3,(H,26,28)/t18-,19+/m0/s1. The highest BCUT2D eigenvalue weighted by Crippen LogP contribution is 2.48. The summed E-state index contributed by atoms with van der Waals surface area (Å²) in [7, 11) is 0. The Morgan fingerprint density at radius 1 is 1.07 bits per heavy atom. The van der Waals surface area contributed by atoms with Crippen LogP contribution in [0.5, 0.6) is 0 Å². The third-order valence-corrected chi connectivity index (χ3v) is 5.73. The summed E-state index contributed by atoms with van der Waals surface area (Å²) in [5, 5.41) is 2.99. The molecule has 1 N–H and O–H groups in total. The van der Waals surface area contributed by atoms with Gasteiger partial charge in [-0.3, -0.25) is 4.79 Å². The number of alkyl halides is 3. The van der Waals surface area contributed by atoms with E-state index in [0.29, 0.717) is 6.42 Å². The molecule has 2 atom stereocenters. The second-order valence-corrected chi connectivity index (χ2v) is 7.75. The van der Waals surface area contributed by atoms with E-state index in [9.17, 15) is 18.0 Å². The van der Waals surface area contributed by atoms with Crippen LogP contribution < -0.4 is 10.2 Å². The lowest BCUT2D eigenvalue weighted by Gasteiger charge is -2.19. The summed E-state index contributed by atoms with van der Waals surface area (Å²) in [5.41, 5.74) is 3.12. The Balaban J connectivity index is 1.38. The molecule has 1 aliphatic carbocycles. The smallest absolute Gasteiger partial charge is 0.372 e. The van der Waals surface area contributed by atoms with Gasteiger partial charge in [-0.25, -0.2) is 0 Å². The third kappa shape index (κ3) is 3.86. The average Bonchev–Trinajstić information content (AvgIpc) is 3.28. The number of halogens is 3. The van der Waals surface area contributed by atoms with E-state index in [1.165, 1.54) is 30.7 Å². The van der Waals surface area contributed by atoms with Crippen LogP contribution in [0.3, 0.4) is 0 Å². The van der Waals surface area contributed by atoms with Gasteiger partial charge in [0.15, 0.2) is 0 Å². The minimum absolute atomic E-state index is 0.00790. The maximum absolute atomic E-state index is 12.7. The van der Waals surface area contributed by atoms with Crippen LogP contribution in [0.25, 0.3) is 0 Å². The molecule has 1 heterocycles. The van der Waals surface area contributed by atoms with Crippen LogP contribution in [-0.4, -0.2) is 19.0 Å². The molecule has 0 spiro atoms. The van der Waals surface area contributed by atoms with E-state index in [1.807, 2.05) is 19.1 Å². The van der Waals surface area contributed by atoms with Gasteiger partial charge >= 0.3 is 6.18 Å². The van der Waals surface area contributed by atoms with E-state index >= 15 is 0 Å². The van der Waals surface area contributed by atoms with Gasteiger partial charge in [-0.05, 0) is 73.6 Å². The average molecular weight is 388 g/mol. The predicted molar refractivity (Wildman–Crippen MR) is 104 cm³/mol. The number of amides is 1. The third-order valence-electron chi connectivity index (χ3n) is 5.73. The molecule has 1 aliphatic heterocycles. The molecule has 2 aromatic rings. The number of benzene rings is 2. The molecule has 1 saturated carbocycles. The van der Waals surface area contributed by atoms with Gasteiger partial charge in [0.05, 0.1) is 5.56 Å². The van der Waals surface area contributed by atoms with Crippen LogP contribution >= 0.6 is 0 Å². The SMILES string of the molecule is Cc1cc(N2CCCC2)ccc1NC(=O)[C@@H]1C[C@H]1c1ccc(C(F)(F)F)cc1. The molecular weight excluding hydrogens is 365 g/mol. The number of nitrogens with one attached hydrogen (secondary N) is 1. The molecule has 0 unspecified atom stereocenters. The fourth-order valence-electron chi connectivity index (χ4n) is 3.96. The van der Waals surface area contributed by atoms with Crippen molar-refractivity contribution in [1.82, 2.24) is 0 Å². The van der Waals surface area contributed by atoms with Crippen molar-refractivity contribution in [1.29, 1.82) is 0 Å². The zero-order valence-corrected chi connectivity index (χ0v) is 15.7. The molecule has 0 bridgehead atoms. The van der Waals surface area contributed by atoms with Crippen LogP contribution in [0.1, 0.15) is 41.9 Å². The quantitative estimate of drug-likeness (QED) is 0.765. The van der Waals surface area contributed by atoms with Gasteiger partial charge in [0.2, 0.25) is 5.91 Å². The van der Waals surface area contributed by atoms with Crippen molar-refractivity contribution in [3.8, 4) is 0 Å². The molecule has 0 aromatic heterocycles. The Kier molecular flexibility index (Phi) is 4.81. The van der Waals surface area contributed by atoms with Gasteiger partial charge in [-0.15, -0.1) is 0 Å². The summed E-state index contributed by atoms with van der Waals surface area (Å²) < 4.78 is 38.0. The van der Waals surface area contributed by atoms with Crippen molar-refractivity contribution in [3.63, 3.8) is 0 Å². The molecule has 1 saturated heterocycles. The van der Waals surface area contributed by atoms with E-state index < -0.39 is 11.7 Å². The number of hydrogen-bond donors (Lipinski definition) is 1. The highest BCUT2D eigenvalue weighted by Gasteiger charge is 2.44. The van der Waals surface area contributed by atoms with E-state index in [4.69, 9.17) is 0 Å². The number of rotatable bonds is 4. The summed E-state index contributed by atoms with van der Waals surface area (Å²) in [6, 6.07) is 11.2. The molecule has 2 fully saturated rings. The van der Waals surface area contributed by atoms with Gasteiger partial charge in [0.25, 0.3) is 0 Å². The number of carbonyl (C=O) groups is 1. The van der Waals surface area contributed by atoms with E-state index in [0.717, 1.165) is 42.0 Å². The highest BCUT2D eigenvalue weighted by molar-refractivity contribution is 5.96. The number of anilines is 2. The van der Waals surface area contributed by atoms with E-state index in [1.54, 1.807) is 0 Å². The van der Waals surface area contributed by atoms with Gasteiger partial charge in [0.1, 0.15) is 0 Å². The first-order valence-electron chi connectivity index (χ1n) is 9.66. The fourth-order valence-corrected chi connectivity index (χ4v) is 3.96. The molecule has 3 nitrogen and oxygen atoms in total. The van der Waals surface area contributed by atoms with Gasteiger partial charge in [-0.2, -0.15) is 13.2 Å². The largest absolute Gasteiger partial charge is 0.416 e. The molecule has 28 heavy (non-hydrogen) atoms. The summed E-state index contributed by atoms with van der Waals surface area (Å²) in [4.78, 5) is 14.9. The van der Waals surface area contributed by atoms with Crippen molar-refractivity contribution >= 4 is 17.3 Å². The fraction of sp³-hybridized carbons (Fsp3) is 0.409. The summed E-state index contributed by atoms with van der Waals surface area (Å²) in [5.74, 6) is -0.261. The molecule has 1 amide bonds. The first-order valence-corrected chi connectivity index (χ1v) is 9.66. The van der Waals surface area contributed by atoms with Crippen molar-refractivity contribution in [3.05, 3.63) is 59.2 Å². The van der Waals surface area contributed by atoms with Crippen LogP contribution in [0, 0.1) is 12.8 Å². The van der Waals surface area contributed by atoms with Crippen molar-refractivity contribution in [2.24, 2.45) is 5.92 Å². The number of hydrogen-bond acceptors (Lipinski definition) is 2. The van der Waals surface area contributed by atoms with Gasteiger partial charge in [-0.1, -0.05) is 12.1 Å². The number of aryl methyl sites for hydroxylation is 1. The Bertz CT molecular complexity index is 870. The molecule has 6 heteroatoms. The molecular formula is C22H23F3N2O. The topological polar surface area (TPSA) is 32.3 Å². The van der Waals surface area contributed by atoms with Crippen LogP contribution in [0.15, 0.2) is 42.5 Å². The van der Waals surface area contributed by atoms with Crippen molar-refractivity contribution < 1.29 is 18.0 Å². The second-order valence-electron chi connectivity index (χ2n) is 7.75. The first kappa shape index (κ1) is 18.8. The lowest BCUT2D eigenvalue weighted by Crippen LogP contribution is -2.18. The van der Waals surface area contributed by atoms with Gasteiger partial charge < -0.3 is 10.2 Å². The summed E-state index contributed by atoms with van der Waals surface area (Å²) >= 11 is 0.